The van der Waals surface area contributed by atoms with Gasteiger partial charge < -0.3 is 4.90 Å². The lowest BCUT2D eigenvalue weighted by molar-refractivity contribution is -0.132. The van der Waals surface area contributed by atoms with Crippen molar-refractivity contribution in [1.29, 1.82) is 0 Å². The average Bonchev–Trinajstić information content (AvgIpc) is 2.68. The SMILES string of the molecule is O=C(CCC1CC=CCC1)N(Cc1ccccc1)Cc1ccccc1. The Kier molecular flexibility index (Phi) is 6.44. The van der Waals surface area contributed by atoms with Crippen LogP contribution in [0.25, 0.3) is 0 Å². The van der Waals surface area contributed by atoms with Crippen molar-refractivity contribution in [2.45, 2.75) is 45.2 Å². The number of benzene rings is 2. The van der Waals surface area contributed by atoms with E-state index in [-0.39, 0.29) is 5.91 Å². The lowest BCUT2D eigenvalue weighted by Crippen LogP contribution is -2.30. The van der Waals surface area contributed by atoms with Crippen molar-refractivity contribution in [3.8, 4) is 0 Å². The third-order valence-electron chi connectivity index (χ3n) is 4.93. The molecule has 3 rings (SSSR count). The predicted octanol–water partition coefficient (Wildman–Crippen LogP) is 5.35. The van der Waals surface area contributed by atoms with Crippen molar-refractivity contribution in [3.63, 3.8) is 0 Å². The smallest absolute Gasteiger partial charge is 0.223 e. The third kappa shape index (κ3) is 5.60. The zero-order valence-corrected chi connectivity index (χ0v) is 14.8. The number of hydrogen-bond acceptors (Lipinski definition) is 1. The van der Waals surface area contributed by atoms with Gasteiger partial charge in [-0.1, -0.05) is 72.8 Å². The summed E-state index contributed by atoms with van der Waals surface area (Å²) in [4.78, 5) is 14.9. The molecule has 1 aliphatic rings. The molecule has 1 aliphatic carbocycles. The molecule has 0 heterocycles. The molecule has 25 heavy (non-hydrogen) atoms. The van der Waals surface area contributed by atoms with Crippen molar-refractivity contribution < 1.29 is 4.79 Å². The van der Waals surface area contributed by atoms with Crippen LogP contribution in [0.15, 0.2) is 72.8 Å². The Morgan fingerprint density at radius 3 is 2.00 bits per heavy atom. The first-order chi connectivity index (χ1) is 12.3. The zero-order valence-electron chi connectivity index (χ0n) is 14.8. The van der Waals surface area contributed by atoms with Gasteiger partial charge in [0.2, 0.25) is 5.91 Å². The van der Waals surface area contributed by atoms with Gasteiger partial charge in [-0.25, -0.2) is 0 Å². The highest BCUT2D eigenvalue weighted by Gasteiger charge is 2.17. The van der Waals surface area contributed by atoms with Crippen LogP contribution in [0.1, 0.15) is 43.2 Å². The summed E-state index contributed by atoms with van der Waals surface area (Å²) in [5.74, 6) is 0.937. The topological polar surface area (TPSA) is 20.3 Å². The van der Waals surface area contributed by atoms with E-state index in [1.807, 2.05) is 41.3 Å². The molecule has 0 spiro atoms. The maximum absolute atomic E-state index is 12.9. The van der Waals surface area contributed by atoms with Crippen LogP contribution in [-0.4, -0.2) is 10.8 Å². The van der Waals surface area contributed by atoms with Crippen LogP contribution < -0.4 is 0 Å². The van der Waals surface area contributed by atoms with Crippen LogP contribution in [0.3, 0.4) is 0 Å². The number of amides is 1. The lowest BCUT2D eigenvalue weighted by Gasteiger charge is -2.25. The number of nitrogens with zero attached hydrogens (tertiary/aromatic N) is 1. The van der Waals surface area contributed by atoms with E-state index >= 15 is 0 Å². The molecule has 0 bridgehead atoms. The highest BCUT2D eigenvalue weighted by atomic mass is 16.2. The second-order valence-corrected chi connectivity index (χ2v) is 6.91. The van der Waals surface area contributed by atoms with Crippen molar-refractivity contribution in [2.75, 3.05) is 0 Å². The quantitative estimate of drug-likeness (QED) is 0.625. The lowest BCUT2D eigenvalue weighted by atomic mass is 9.90. The van der Waals surface area contributed by atoms with Gasteiger partial charge >= 0.3 is 0 Å². The minimum Gasteiger partial charge on any atom is -0.334 e. The van der Waals surface area contributed by atoms with Crippen LogP contribution >= 0.6 is 0 Å². The van der Waals surface area contributed by atoms with Gasteiger partial charge in [-0.05, 0) is 42.7 Å². The molecular formula is C23H27NO. The van der Waals surface area contributed by atoms with E-state index in [9.17, 15) is 4.79 Å². The monoisotopic (exact) mass is 333 g/mol. The molecular weight excluding hydrogens is 306 g/mol. The molecule has 2 heteroatoms. The summed E-state index contributed by atoms with van der Waals surface area (Å²) < 4.78 is 0. The maximum Gasteiger partial charge on any atom is 0.223 e. The number of rotatable bonds is 7. The largest absolute Gasteiger partial charge is 0.334 e. The molecule has 2 nitrogen and oxygen atoms in total. The summed E-state index contributed by atoms with van der Waals surface area (Å²) in [7, 11) is 0. The minimum absolute atomic E-state index is 0.266. The summed E-state index contributed by atoms with van der Waals surface area (Å²) in [5.41, 5.74) is 2.37. The Bertz CT molecular complexity index is 636. The molecule has 1 unspecified atom stereocenters. The minimum atomic E-state index is 0.266. The molecule has 0 N–H and O–H groups in total. The summed E-state index contributed by atoms with van der Waals surface area (Å²) in [6, 6.07) is 20.6. The average molecular weight is 333 g/mol. The van der Waals surface area contributed by atoms with E-state index in [1.165, 1.54) is 17.5 Å². The van der Waals surface area contributed by atoms with Gasteiger partial charge in [0.1, 0.15) is 0 Å². The van der Waals surface area contributed by atoms with Gasteiger partial charge in [0.25, 0.3) is 0 Å². The van der Waals surface area contributed by atoms with Gasteiger partial charge in [0, 0.05) is 19.5 Å². The molecule has 1 atom stereocenters. The molecule has 0 fully saturated rings. The van der Waals surface area contributed by atoms with Crippen molar-refractivity contribution in [3.05, 3.63) is 83.9 Å². The van der Waals surface area contributed by atoms with Crippen LogP contribution in [0, 0.1) is 5.92 Å². The van der Waals surface area contributed by atoms with Crippen LogP contribution in [-0.2, 0) is 17.9 Å². The summed E-state index contributed by atoms with van der Waals surface area (Å²) in [5, 5.41) is 0. The highest BCUT2D eigenvalue weighted by Crippen LogP contribution is 2.23. The fourth-order valence-corrected chi connectivity index (χ4v) is 3.44. The first-order valence-corrected chi connectivity index (χ1v) is 9.32. The maximum atomic E-state index is 12.9. The molecule has 1 amide bonds. The van der Waals surface area contributed by atoms with Gasteiger partial charge in [0.15, 0.2) is 0 Å². The van der Waals surface area contributed by atoms with Crippen molar-refractivity contribution in [2.24, 2.45) is 5.92 Å². The summed E-state index contributed by atoms with van der Waals surface area (Å²) in [6.07, 6.45) is 9.70. The van der Waals surface area contributed by atoms with E-state index in [1.54, 1.807) is 0 Å². The zero-order chi connectivity index (χ0) is 17.3. The number of hydrogen-bond donors (Lipinski definition) is 0. The molecule has 2 aromatic carbocycles. The van der Waals surface area contributed by atoms with Gasteiger partial charge in [-0.15, -0.1) is 0 Å². The number of carbonyl (C=O) groups excluding carboxylic acids is 1. The Hall–Kier alpha value is -2.35. The Morgan fingerprint density at radius 2 is 1.48 bits per heavy atom. The van der Waals surface area contributed by atoms with Crippen LogP contribution in [0.2, 0.25) is 0 Å². The second kappa shape index (κ2) is 9.22. The van der Waals surface area contributed by atoms with E-state index in [0.717, 1.165) is 19.3 Å². The van der Waals surface area contributed by atoms with E-state index in [4.69, 9.17) is 0 Å². The second-order valence-electron chi connectivity index (χ2n) is 6.91. The fourth-order valence-electron chi connectivity index (χ4n) is 3.44. The van der Waals surface area contributed by atoms with E-state index in [2.05, 4.69) is 36.4 Å². The molecule has 0 aliphatic heterocycles. The molecule has 0 radical (unpaired) electrons. The normalized spacial score (nSPS) is 16.6. The van der Waals surface area contributed by atoms with Gasteiger partial charge in [0.05, 0.1) is 0 Å². The number of carbonyl (C=O) groups is 1. The van der Waals surface area contributed by atoms with Gasteiger partial charge in [-0.3, -0.25) is 4.79 Å². The molecule has 130 valence electrons. The van der Waals surface area contributed by atoms with Crippen molar-refractivity contribution >= 4 is 5.91 Å². The highest BCUT2D eigenvalue weighted by molar-refractivity contribution is 5.76. The summed E-state index contributed by atoms with van der Waals surface area (Å²) >= 11 is 0. The Morgan fingerprint density at radius 1 is 0.880 bits per heavy atom. The molecule has 0 saturated carbocycles. The number of allylic oxidation sites excluding steroid dienone is 2. The van der Waals surface area contributed by atoms with Crippen molar-refractivity contribution in [1.82, 2.24) is 4.90 Å². The van der Waals surface area contributed by atoms with Crippen LogP contribution in [0.4, 0.5) is 0 Å². The third-order valence-corrected chi connectivity index (χ3v) is 4.93. The Labute approximate surface area is 151 Å². The molecule has 2 aromatic rings. The first kappa shape index (κ1) is 17.5. The first-order valence-electron chi connectivity index (χ1n) is 9.32. The van der Waals surface area contributed by atoms with Gasteiger partial charge in [-0.2, -0.15) is 0 Å². The fraction of sp³-hybridized carbons (Fsp3) is 0.348. The predicted molar refractivity (Wildman–Crippen MR) is 103 cm³/mol. The standard InChI is InChI=1S/C23H27NO/c25-23(17-16-20-10-4-1-5-11-20)24(18-21-12-6-2-7-13-21)19-22-14-8-3-9-15-22/h1-4,6-9,12-15,20H,5,10-11,16-19H2. The summed E-state index contributed by atoms with van der Waals surface area (Å²) in [6.45, 7) is 1.36. The molecule has 0 saturated heterocycles. The van der Waals surface area contributed by atoms with Crippen LogP contribution in [0.5, 0.6) is 0 Å². The molecule has 0 aromatic heterocycles. The van der Waals surface area contributed by atoms with E-state index < -0.39 is 0 Å². The van der Waals surface area contributed by atoms with E-state index in [0.29, 0.717) is 25.4 Å². The Balaban J connectivity index is 1.63.